The van der Waals surface area contributed by atoms with Crippen molar-refractivity contribution in [1.29, 1.82) is 0 Å². The van der Waals surface area contributed by atoms with Crippen molar-refractivity contribution in [2.75, 3.05) is 39.2 Å². The van der Waals surface area contributed by atoms with Gasteiger partial charge in [0.15, 0.2) is 5.13 Å². The Hall–Kier alpha value is -3.34. The predicted octanol–water partition coefficient (Wildman–Crippen LogP) is -0.836. The minimum atomic E-state index is -1.46. The van der Waals surface area contributed by atoms with Crippen LogP contribution in [0.2, 0.25) is 0 Å². The molecule has 4 heterocycles. The summed E-state index contributed by atoms with van der Waals surface area (Å²) < 4.78 is 4.56. The number of quaternary nitrogens is 1. The third-order valence-electron chi connectivity index (χ3n) is 5.52. The van der Waals surface area contributed by atoms with E-state index in [4.69, 9.17) is 10.6 Å². The highest BCUT2D eigenvalue weighted by Gasteiger charge is 2.53. The van der Waals surface area contributed by atoms with E-state index in [1.54, 1.807) is 11.6 Å². The lowest BCUT2D eigenvalue weighted by Gasteiger charge is -2.50. The number of carbonyl (C=O) groups excluding carboxylic acids is 3. The largest absolute Gasteiger partial charge is 0.543 e. The van der Waals surface area contributed by atoms with Crippen LogP contribution >= 0.6 is 34.6 Å². The van der Waals surface area contributed by atoms with E-state index < -0.39 is 29.2 Å². The number of hydrogen-bond donors (Lipinski definition) is 2. The summed E-state index contributed by atoms with van der Waals surface area (Å²) in [4.78, 5) is 51.9. The molecule has 196 valence electrons. The standard InChI is InChI=1S/C21H24N8O5S3/c1-29(2,7-12-9-35-10-23-12)6-4-5-11-8-36-19-14(18(31)28(19)15(11)20(32)33)24-17(30)13(26-34-3)16-25-21(22)37-27-16/h4-5,9-10,14,19H,6-8H2,1-3H3,(H3-,22,24,25,27,30,32,33)/b5-4+,26-13-/t14-,19+/m1/s1. The van der Waals surface area contributed by atoms with Gasteiger partial charge in [-0.3, -0.25) is 14.5 Å². The summed E-state index contributed by atoms with van der Waals surface area (Å²) in [5, 5.41) is 19.8. The number of amides is 2. The first-order chi connectivity index (χ1) is 17.6. The molecule has 2 amide bonds. The van der Waals surface area contributed by atoms with E-state index in [1.807, 2.05) is 25.6 Å². The Morgan fingerprint density at radius 2 is 2.22 bits per heavy atom. The molecule has 0 spiro atoms. The lowest BCUT2D eigenvalue weighted by atomic mass is 10.0. The number of anilines is 1. The molecule has 2 aliphatic heterocycles. The second-order valence-electron chi connectivity index (χ2n) is 8.76. The third kappa shape index (κ3) is 5.82. The number of likely N-dealkylation sites (N-methyl/N-ethyl adjacent to an activating group) is 1. The van der Waals surface area contributed by atoms with E-state index in [0.29, 0.717) is 22.4 Å². The second kappa shape index (κ2) is 11.0. The van der Waals surface area contributed by atoms with E-state index >= 15 is 0 Å². The molecule has 0 saturated carbocycles. The number of nitrogens with two attached hydrogens (primary N) is 1. The molecule has 0 unspecified atom stereocenters. The van der Waals surface area contributed by atoms with Crippen molar-refractivity contribution < 1.29 is 28.8 Å². The fraction of sp³-hybridized carbons (Fsp3) is 0.381. The number of aliphatic carboxylic acids is 1. The van der Waals surface area contributed by atoms with Crippen LogP contribution in [0.4, 0.5) is 5.13 Å². The molecule has 3 N–H and O–H groups in total. The van der Waals surface area contributed by atoms with Crippen molar-refractivity contribution in [1.82, 2.24) is 24.6 Å². The Balaban J connectivity index is 1.46. The number of carboxylic acid groups (broad SMARTS) is 1. The smallest absolute Gasteiger partial charge is 0.278 e. The second-order valence-corrected chi connectivity index (χ2v) is 11.4. The number of thiazole rings is 1. The summed E-state index contributed by atoms with van der Waals surface area (Å²) in [6.45, 7) is 1.35. The van der Waals surface area contributed by atoms with Gasteiger partial charge < -0.3 is 30.3 Å². The summed E-state index contributed by atoms with van der Waals surface area (Å²) in [5.74, 6) is -2.49. The van der Waals surface area contributed by atoms with Crippen molar-refractivity contribution in [3.05, 3.63) is 45.8 Å². The molecule has 2 aliphatic rings. The molecular formula is C21H24N8O5S3. The van der Waals surface area contributed by atoms with E-state index in [9.17, 15) is 19.5 Å². The fourth-order valence-corrected chi connectivity index (χ4v) is 6.18. The van der Waals surface area contributed by atoms with E-state index in [1.165, 1.54) is 30.2 Å². The van der Waals surface area contributed by atoms with Crippen LogP contribution in [0.15, 0.2) is 39.5 Å². The Bertz CT molecular complexity index is 1290. The predicted molar refractivity (Wildman–Crippen MR) is 137 cm³/mol. The highest BCUT2D eigenvalue weighted by atomic mass is 32.2. The van der Waals surface area contributed by atoms with Gasteiger partial charge in [0.1, 0.15) is 30.8 Å². The van der Waals surface area contributed by atoms with Crippen LogP contribution in [0.5, 0.6) is 0 Å². The van der Waals surface area contributed by atoms with Crippen LogP contribution in [0.1, 0.15) is 11.5 Å². The van der Waals surface area contributed by atoms with E-state index in [2.05, 4.69) is 24.8 Å². The molecule has 0 aromatic carbocycles. The molecule has 16 heteroatoms. The number of aromatic nitrogens is 3. The number of thioether (sulfide) groups is 1. The van der Waals surface area contributed by atoms with Gasteiger partial charge >= 0.3 is 0 Å². The topological polar surface area (TPSA) is 176 Å². The number of allylic oxidation sites excluding steroid dienone is 1. The molecule has 0 radical (unpaired) electrons. The Morgan fingerprint density at radius 3 is 2.84 bits per heavy atom. The van der Waals surface area contributed by atoms with Crippen LogP contribution in [0, 0.1) is 0 Å². The zero-order chi connectivity index (χ0) is 26.7. The number of carboxylic acids is 1. The van der Waals surface area contributed by atoms with Crippen LogP contribution in [0.25, 0.3) is 0 Å². The number of hydrogen-bond acceptors (Lipinski definition) is 13. The van der Waals surface area contributed by atoms with Crippen LogP contribution in [-0.4, -0.2) is 92.1 Å². The Labute approximate surface area is 224 Å². The van der Waals surface area contributed by atoms with Crippen molar-refractivity contribution in [2.45, 2.75) is 18.0 Å². The quantitative estimate of drug-likeness (QED) is 0.160. The van der Waals surface area contributed by atoms with E-state index in [0.717, 1.165) is 28.7 Å². The van der Waals surface area contributed by atoms with Gasteiger partial charge in [0.25, 0.3) is 11.8 Å². The Morgan fingerprint density at radius 1 is 1.43 bits per heavy atom. The van der Waals surface area contributed by atoms with Crippen molar-refractivity contribution in [2.24, 2.45) is 5.16 Å². The normalized spacial score (nSPS) is 20.1. The van der Waals surface area contributed by atoms with Gasteiger partial charge in [-0.15, -0.1) is 23.1 Å². The number of nitrogens with one attached hydrogen (secondary N) is 1. The van der Waals surface area contributed by atoms with Gasteiger partial charge in [0, 0.05) is 22.7 Å². The first-order valence-electron chi connectivity index (χ1n) is 10.9. The van der Waals surface area contributed by atoms with Gasteiger partial charge in [0.2, 0.25) is 11.5 Å². The number of oxime groups is 1. The van der Waals surface area contributed by atoms with Crippen molar-refractivity contribution >= 4 is 63.3 Å². The van der Waals surface area contributed by atoms with Crippen LogP contribution < -0.4 is 16.2 Å². The first kappa shape index (κ1) is 26.7. The van der Waals surface area contributed by atoms with Gasteiger partial charge in [-0.2, -0.15) is 9.36 Å². The molecule has 37 heavy (non-hydrogen) atoms. The molecule has 1 fully saturated rings. The minimum absolute atomic E-state index is 0.0411. The van der Waals surface area contributed by atoms with Gasteiger partial charge in [-0.1, -0.05) is 11.2 Å². The summed E-state index contributed by atoms with van der Waals surface area (Å²) in [6.07, 6.45) is 3.60. The summed E-state index contributed by atoms with van der Waals surface area (Å²) in [6, 6.07) is -0.968. The maximum Gasteiger partial charge on any atom is 0.278 e. The van der Waals surface area contributed by atoms with Crippen molar-refractivity contribution in [3.63, 3.8) is 0 Å². The summed E-state index contributed by atoms with van der Waals surface area (Å²) in [5.41, 5.74) is 8.38. The maximum absolute atomic E-state index is 12.9. The van der Waals surface area contributed by atoms with Crippen molar-refractivity contribution in [3.8, 4) is 0 Å². The number of nitrogens with zero attached hydrogens (tertiary/aromatic N) is 6. The number of carbonyl (C=O) groups is 3. The molecule has 0 bridgehead atoms. The SMILES string of the molecule is CO/N=C(\C(=O)N[C@@H]1C(=O)N2C(C(=O)[O-])=C(/C=C/C[N+](C)(C)Cc3cscn3)CS[C@@H]12)c1nsc(N)n1. The van der Waals surface area contributed by atoms with E-state index in [-0.39, 0.29) is 22.4 Å². The molecular weight excluding hydrogens is 540 g/mol. The summed E-state index contributed by atoms with van der Waals surface area (Å²) in [7, 11) is 5.35. The lowest BCUT2D eigenvalue weighted by molar-refractivity contribution is -0.898. The average Bonchev–Trinajstić information content (AvgIpc) is 3.51. The fourth-order valence-electron chi connectivity index (χ4n) is 3.88. The summed E-state index contributed by atoms with van der Waals surface area (Å²) >= 11 is 3.75. The van der Waals surface area contributed by atoms with Gasteiger partial charge in [-0.05, 0) is 11.6 Å². The molecule has 4 rings (SSSR count). The number of β-lactam (4-membered cyclic amide) rings is 1. The molecule has 13 nitrogen and oxygen atoms in total. The highest BCUT2D eigenvalue weighted by molar-refractivity contribution is 8.00. The Kier molecular flexibility index (Phi) is 7.91. The third-order valence-corrected chi connectivity index (χ3v) is 8.00. The monoisotopic (exact) mass is 564 g/mol. The zero-order valence-corrected chi connectivity index (χ0v) is 22.6. The average molecular weight is 565 g/mol. The minimum Gasteiger partial charge on any atom is -0.543 e. The molecule has 2 aromatic rings. The van der Waals surface area contributed by atoms with Gasteiger partial charge in [0.05, 0.1) is 37.8 Å². The number of rotatable bonds is 10. The highest BCUT2D eigenvalue weighted by Crippen LogP contribution is 2.40. The number of nitrogen functional groups attached to an aromatic ring is 1. The van der Waals surface area contributed by atoms with Crippen LogP contribution in [0.3, 0.4) is 0 Å². The molecule has 0 aliphatic carbocycles. The molecule has 2 atom stereocenters. The lowest BCUT2D eigenvalue weighted by Crippen LogP contribution is -2.71. The first-order valence-corrected chi connectivity index (χ1v) is 13.6. The molecule has 1 saturated heterocycles. The van der Waals surface area contributed by atoms with Gasteiger partial charge in [-0.25, -0.2) is 4.98 Å². The maximum atomic E-state index is 12.9. The number of fused-ring (bicyclic) bond motifs is 1. The van der Waals surface area contributed by atoms with Crippen LogP contribution in [-0.2, 0) is 25.8 Å². The zero-order valence-electron chi connectivity index (χ0n) is 20.1. The molecule has 2 aromatic heterocycles.